The second-order valence-corrected chi connectivity index (χ2v) is 9.10. The van der Waals surface area contributed by atoms with Crippen LogP contribution in [0.2, 0.25) is 0 Å². The Bertz CT molecular complexity index is 365. The van der Waals surface area contributed by atoms with Crippen LogP contribution in [0, 0.1) is 10.8 Å². The van der Waals surface area contributed by atoms with Crippen molar-refractivity contribution in [2.75, 3.05) is 26.4 Å². The third-order valence-corrected chi connectivity index (χ3v) is 6.22. The van der Waals surface area contributed by atoms with Gasteiger partial charge < -0.3 is 18.9 Å². The van der Waals surface area contributed by atoms with Gasteiger partial charge in [0.15, 0.2) is 11.6 Å². The lowest BCUT2D eigenvalue weighted by Crippen LogP contribution is -2.56. The molecule has 4 nitrogen and oxygen atoms in total. The van der Waals surface area contributed by atoms with Gasteiger partial charge in [0.1, 0.15) is 0 Å². The lowest BCUT2D eigenvalue weighted by atomic mass is 9.82. The molecule has 2 spiro atoms. The maximum atomic E-state index is 6.25. The van der Waals surface area contributed by atoms with E-state index in [0.717, 1.165) is 65.0 Å². The Morgan fingerprint density at radius 3 is 1.12 bits per heavy atom. The summed E-state index contributed by atoms with van der Waals surface area (Å²) in [6.45, 7) is 12.2. The molecule has 0 amide bonds. The molecular weight excluding hydrogens is 304 g/mol. The maximum absolute atomic E-state index is 6.25. The van der Waals surface area contributed by atoms with Crippen LogP contribution in [-0.4, -0.2) is 38.0 Å². The molecule has 0 radical (unpaired) electrons. The Kier molecular flexibility index (Phi) is 5.33. The Balaban J connectivity index is 1.52. The topological polar surface area (TPSA) is 36.9 Å². The molecule has 3 fully saturated rings. The first kappa shape index (κ1) is 18.6. The van der Waals surface area contributed by atoms with Gasteiger partial charge in [-0.3, -0.25) is 0 Å². The van der Waals surface area contributed by atoms with Crippen LogP contribution in [0.15, 0.2) is 0 Å². The molecule has 1 aliphatic carbocycles. The van der Waals surface area contributed by atoms with Crippen LogP contribution < -0.4 is 0 Å². The first-order valence-corrected chi connectivity index (χ1v) is 9.92. The van der Waals surface area contributed by atoms with E-state index in [1.807, 2.05) is 0 Å². The highest BCUT2D eigenvalue weighted by molar-refractivity contribution is 4.92. The van der Waals surface area contributed by atoms with Crippen molar-refractivity contribution in [2.24, 2.45) is 10.8 Å². The normalized spacial score (nSPS) is 46.5. The minimum Gasteiger partial charge on any atom is -0.349 e. The Morgan fingerprint density at radius 2 is 0.875 bits per heavy atom. The van der Waals surface area contributed by atoms with Gasteiger partial charge in [0, 0.05) is 36.5 Å². The second kappa shape index (κ2) is 6.86. The van der Waals surface area contributed by atoms with E-state index in [1.165, 1.54) is 12.8 Å². The van der Waals surface area contributed by atoms with E-state index in [2.05, 4.69) is 27.7 Å². The fourth-order valence-electron chi connectivity index (χ4n) is 4.47. The number of hydrogen-bond acceptors (Lipinski definition) is 4. The predicted octanol–water partition coefficient (Wildman–Crippen LogP) is 4.66. The van der Waals surface area contributed by atoms with E-state index in [0.29, 0.717) is 0 Å². The summed E-state index contributed by atoms with van der Waals surface area (Å²) in [5, 5.41) is 0. The second-order valence-electron chi connectivity index (χ2n) is 9.10. The molecule has 0 bridgehead atoms. The molecule has 0 unspecified atom stereocenters. The summed E-state index contributed by atoms with van der Waals surface area (Å²) in [5.41, 5.74) is 0.351. The average molecular weight is 341 g/mol. The van der Waals surface area contributed by atoms with Crippen molar-refractivity contribution in [3.8, 4) is 0 Å². The lowest BCUT2D eigenvalue weighted by molar-refractivity contribution is -0.366. The molecule has 2 saturated heterocycles. The molecule has 4 heteroatoms. The van der Waals surface area contributed by atoms with Crippen molar-refractivity contribution in [3.63, 3.8) is 0 Å². The quantitative estimate of drug-likeness (QED) is 0.746. The fraction of sp³-hybridized carbons (Fsp3) is 1.00. The van der Waals surface area contributed by atoms with Gasteiger partial charge in [0.25, 0.3) is 0 Å². The zero-order valence-corrected chi connectivity index (χ0v) is 16.1. The Labute approximate surface area is 147 Å². The minimum absolute atomic E-state index is 0.176. The van der Waals surface area contributed by atoms with Gasteiger partial charge in [-0.25, -0.2) is 0 Å². The Morgan fingerprint density at radius 1 is 0.583 bits per heavy atom. The molecule has 0 atom stereocenters. The Hall–Kier alpha value is -0.160. The van der Waals surface area contributed by atoms with Crippen LogP contribution in [-0.2, 0) is 18.9 Å². The fourth-order valence-corrected chi connectivity index (χ4v) is 4.47. The maximum Gasteiger partial charge on any atom is 0.168 e. The lowest BCUT2D eigenvalue weighted by Gasteiger charge is -2.52. The van der Waals surface area contributed by atoms with Crippen LogP contribution in [0.5, 0.6) is 0 Å². The van der Waals surface area contributed by atoms with Crippen LogP contribution in [0.4, 0.5) is 0 Å². The van der Waals surface area contributed by atoms with Crippen LogP contribution in [0.1, 0.15) is 79.1 Å². The highest BCUT2D eigenvalue weighted by Crippen LogP contribution is 2.47. The third kappa shape index (κ3) is 3.82. The molecule has 140 valence electrons. The zero-order chi connectivity index (χ0) is 17.3. The van der Waals surface area contributed by atoms with Gasteiger partial charge in [0.05, 0.1) is 26.4 Å². The molecule has 2 aliphatic heterocycles. The van der Waals surface area contributed by atoms with E-state index in [1.54, 1.807) is 0 Å². The van der Waals surface area contributed by atoms with Crippen LogP contribution in [0.3, 0.4) is 0 Å². The first-order valence-electron chi connectivity index (χ1n) is 9.92. The number of ether oxygens (including phenoxy) is 4. The largest absolute Gasteiger partial charge is 0.349 e. The van der Waals surface area contributed by atoms with Crippen LogP contribution in [0.25, 0.3) is 0 Å². The summed E-state index contributed by atoms with van der Waals surface area (Å²) >= 11 is 0. The summed E-state index contributed by atoms with van der Waals surface area (Å²) in [5.74, 6) is -0.787. The first-order chi connectivity index (χ1) is 11.4. The van der Waals surface area contributed by atoms with E-state index in [4.69, 9.17) is 18.9 Å². The highest BCUT2D eigenvalue weighted by atomic mass is 16.7. The van der Waals surface area contributed by atoms with Crippen molar-refractivity contribution in [3.05, 3.63) is 0 Å². The zero-order valence-electron chi connectivity index (χ0n) is 16.1. The number of rotatable bonds is 4. The summed E-state index contributed by atoms with van der Waals surface area (Å²) in [4.78, 5) is 0. The smallest absolute Gasteiger partial charge is 0.168 e. The third-order valence-electron chi connectivity index (χ3n) is 6.22. The molecule has 0 aromatic heterocycles. The summed E-state index contributed by atoms with van der Waals surface area (Å²) < 4.78 is 25.0. The van der Waals surface area contributed by atoms with Gasteiger partial charge in [-0.15, -0.1) is 0 Å². The van der Waals surface area contributed by atoms with Crippen molar-refractivity contribution in [1.29, 1.82) is 0 Å². The molecule has 3 aliphatic rings. The van der Waals surface area contributed by atoms with Crippen LogP contribution >= 0.6 is 0 Å². The molecule has 2 heterocycles. The van der Waals surface area contributed by atoms with Crippen molar-refractivity contribution in [2.45, 2.75) is 90.6 Å². The summed E-state index contributed by atoms with van der Waals surface area (Å²) in [6, 6.07) is 0. The number of hydrogen-bond donors (Lipinski definition) is 0. The summed E-state index contributed by atoms with van der Waals surface area (Å²) in [6.07, 6.45) is 8.18. The van der Waals surface area contributed by atoms with Gasteiger partial charge in [-0.2, -0.15) is 0 Å². The molecule has 1 saturated carbocycles. The molecule has 0 N–H and O–H groups in total. The molecule has 0 aromatic carbocycles. The van der Waals surface area contributed by atoms with E-state index in [-0.39, 0.29) is 10.8 Å². The van der Waals surface area contributed by atoms with E-state index in [9.17, 15) is 0 Å². The minimum atomic E-state index is -0.393. The van der Waals surface area contributed by atoms with Gasteiger partial charge in [-0.05, 0) is 12.8 Å². The van der Waals surface area contributed by atoms with Crippen molar-refractivity contribution in [1.82, 2.24) is 0 Å². The average Bonchev–Trinajstić information content (AvgIpc) is 2.57. The molecule has 0 aromatic rings. The van der Waals surface area contributed by atoms with Crippen molar-refractivity contribution < 1.29 is 18.9 Å². The summed E-state index contributed by atoms with van der Waals surface area (Å²) in [7, 11) is 0. The van der Waals surface area contributed by atoms with Gasteiger partial charge in [-0.1, -0.05) is 40.5 Å². The molecular formula is C20H36O4. The molecule has 3 rings (SSSR count). The highest BCUT2D eigenvalue weighted by Gasteiger charge is 2.51. The van der Waals surface area contributed by atoms with E-state index < -0.39 is 11.6 Å². The monoisotopic (exact) mass is 340 g/mol. The van der Waals surface area contributed by atoms with E-state index >= 15 is 0 Å². The predicted molar refractivity (Wildman–Crippen MR) is 93.8 cm³/mol. The SMILES string of the molecule is CCCC1(C)COC2(CCC3(CC2)OCC(C)(CCC)CO3)OC1. The standard InChI is InChI=1S/C20H36O4/c1-5-7-17(3)13-21-19(22-14-17)9-11-20(12-10-19)23-15-18(4,8-6-2)16-24-20/h5-16H2,1-4H3. The van der Waals surface area contributed by atoms with Crippen molar-refractivity contribution >= 4 is 0 Å². The molecule has 24 heavy (non-hydrogen) atoms. The van der Waals surface area contributed by atoms with Gasteiger partial charge >= 0.3 is 0 Å². The van der Waals surface area contributed by atoms with Gasteiger partial charge in [0.2, 0.25) is 0 Å².